The molecule has 0 fully saturated rings. The van der Waals surface area contributed by atoms with E-state index in [9.17, 15) is 4.79 Å². The molecule has 0 aromatic carbocycles. The lowest BCUT2D eigenvalue weighted by atomic mass is 10.4. The van der Waals surface area contributed by atoms with Gasteiger partial charge in [0.2, 0.25) is 0 Å². The van der Waals surface area contributed by atoms with E-state index in [1.807, 2.05) is 0 Å². The number of hydrogen-bond acceptors (Lipinski definition) is 3. The van der Waals surface area contributed by atoms with Crippen molar-refractivity contribution in [2.24, 2.45) is 0 Å². The number of aromatic amines is 1. The minimum Gasteiger partial charge on any atom is -0.461 e. The Morgan fingerprint density at radius 2 is 2.33 bits per heavy atom. The van der Waals surface area contributed by atoms with E-state index < -0.39 is 0 Å². The lowest BCUT2D eigenvalue weighted by molar-refractivity contribution is 0.0520. The number of aromatic nitrogens is 1. The molecule has 0 aliphatic rings. The van der Waals surface area contributed by atoms with Gasteiger partial charge in [-0.25, -0.2) is 4.79 Å². The number of rotatable bonds is 2. The molecule has 0 aliphatic carbocycles. The minimum atomic E-state index is -0.371. The highest BCUT2D eigenvalue weighted by atomic mass is 35.5. The molecule has 0 saturated heterocycles. The van der Waals surface area contributed by atoms with Gasteiger partial charge in [-0.15, -0.1) is 12.4 Å². The summed E-state index contributed by atoms with van der Waals surface area (Å²) in [7, 11) is 0. The van der Waals surface area contributed by atoms with Crippen molar-refractivity contribution < 1.29 is 9.53 Å². The standard InChI is InChI=1S/C7H10N2O2.ClH/c1-2-11-7(10)5-3-4-6(8)9-5;/h3-4,9H,2,8H2,1H3;1H. The molecule has 0 saturated carbocycles. The number of hydrogen-bond donors (Lipinski definition) is 2. The number of anilines is 1. The zero-order chi connectivity index (χ0) is 8.27. The summed E-state index contributed by atoms with van der Waals surface area (Å²) in [4.78, 5) is 13.6. The van der Waals surface area contributed by atoms with Crippen molar-refractivity contribution in [3.63, 3.8) is 0 Å². The Labute approximate surface area is 76.5 Å². The Morgan fingerprint density at radius 3 is 2.75 bits per heavy atom. The van der Waals surface area contributed by atoms with Gasteiger partial charge in [0.1, 0.15) is 11.5 Å². The molecule has 12 heavy (non-hydrogen) atoms. The molecular weight excluding hydrogens is 180 g/mol. The van der Waals surface area contributed by atoms with Gasteiger partial charge < -0.3 is 15.5 Å². The lowest BCUT2D eigenvalue weighted by Crippen LogP contribution is -2.04. The SMILES string of the molecule is CCOC(=O)c1ccc(N)[nH]1.Cl. The highest BCUT2D eigenvalue weighted by molar-refractivity contribution is 5.88. The highest BCUT2D eigenvalue weighted by Crippen LogP contribution is 2.03. The second-order valence-electron chi connectivity index (χ2n) is 2.05. The van der Waals surface area contributed by atoms with Crippen LogP contribution in [0, 0.1) is 0 Å². The number of esters is 1. The monoisotopic (exact) mass is 190 g/mol. The summed E-state index contributed by atoms with van der Waals surface area (Å²) in [5.41, 5.74) is 5.74. The molecule has 0 aliphatic heterocycles. The number of carbonyl (C=O) groups excluding carboxylic acids is 1. The normalized spacial score (nSPS) is 8.75. The van der Waals surface area contributed by atoms with Crippen LogP contribution in [0.15, 0.2) is 12.1 Å². The first kappa shape index (κ1) is 10.8. The van der Waals surface area contributed by atoms with E-state index in [0.29, 0.717) is 18.1 Å². The van der Waals surface area contributed by atoms with E-state index in [1.165, 1.54) is 0 Å². The number of nitrogens with one attached hydrogen (secondary N) is 1. The summed E-state index contributed by atoms with van der Waals surface area (Å²) in [5.74, 6) is 0.0947. The first-order chi connectivity index (χ1) is 5.24. The van der Waals surface area contributed by atoms with Gasteiger partial charge in [-0.3, -0.25) is 0 Å². The van der Waals surface area contributed by atoms with Gasteiger partial charge in [-0.1, -0.05) is 0 Å². The smallest absolute Gasteiger partial charge is 0.354 e. The number of nitrogens with two attached hydrogens (primary N) is 1. The fourth-order valence-electron chi connectivity index (χ4n) is 0.740. The van der Waals surface area contributed by atoms with E-state index in [0.717, 1.165) is 0 Å². The number of carbonyl (C=O) groups is 1. The van der Waals surface area contributed by atoms with E-state index >= 15 is 0 Å². The molecule has 0 spiro atoms. The molecule has 0 bridgehead atoms. The maximum atomic E-state index is 10.9. The van der Waals surface area contributed by atoms with Crippen LogP contribution in [0.3, 0.4) is 0 Å². The van der Waals surface area contributed by atoms with Gasteiger partial charge in [-0.05, 0) is 19.1 Å². The third kappa shape index (κ3) is 2.47. The van der Waals surface area contributed by atoms with Crippen LogP contribution in [0.5, 0.6) is 0 Å². The summed E-state index contributed by atoms with van der Waals surface area (Å²) < 4.78 is 4.72. The molecule has 1 aromatic rings. The fraction of sp³-hybridized carbons (Fsp3) is 0.286. The Kier molecular flexibility index (Phi) is 4.21. The molecule has 1 heterocycles. The number of halogens is 1. The molecule has 1 aromatic heterocycles. The van der Waals surface area contributed by atoms with Gasteiger partial charge in [0.05, 0.1) is 6.61 Å². The van der Waals surface area contributed by atoms with Crippen molar-refractivity contribution in [3.05, 3.63) is 17.8 Å². The molecule has 0 atom stereocenters. The molecule has 0 unspecified atom stereocenters. The first-order valence-corrected chi connectivity index (χ1v) is 3.35. The van der Waals surface area contributed by atoms with Gasteiger partial charge in [-0.2, -0.15) is 0 Å². The number of nitrogen functional groups attached to an aromatic ring is 1. The van der Waals surface area contributed by atoms with Crippen molar-refractivity contribution in [1.82, 2.24) is 4.98 Å². The van der Waals surface area contributed by atoms with Crippen LogP contribution in [0.4, 0.5) is 5.82 Å². The van der Waals surface area contributed by atoms with Crippen LogP contribution in [0.25, 0.3) is 0 Å². The molecule has 0 amide bonds. The zero-order valence-corrected chi connectivity index (χ0v) is 7.48. The summed E-state index contributed by atoms with van der Waals surface area (Å²) >= 11 is 0. The summed E-state index contributed by atoms with van der Waals surface area (Å²) in [6.45, 7) is 2.13. The lowest BCUT2D eigenvalue weighted by Gasteiger charge is -1.96. The average Bonchev–Trinajstić information content (AvgIpc) is 2.36. The largest absolute Gasteiger partial charge is 0.461 e. The van der Waals surface area contributed by atoms with Crippen molar-refractivity contribution in [1.29, 1.82) is 0 Å². The number of ether oxygens (including phenoxy) is 1. The molecule has 0 radical (unpaired) electrons. The van der Waals surface area contributed by atoms with Crippen LogP contribution in [-0.2, 0) is 4.74 Å². The van der Waals surface area contributed by atoms with Gasteiger partial charge in [0.15, 0.2) is 0 Å². The summed E-state index contributed by atoms with van der Waals surface area (Å²) in [6, 6.07) is 3.21. The van der Waals surface area contributed by atoms with E-state index in [-0.39, 0.29) is 18.4 Å². The third-order valence-electron chi connectivity index (χ3n) is 1.20. The van der Waals surface area contributed by atoms with Gasteiger partial charge in [0, 0.05) is 0 Å². The second kappa shape index (κ2) is 4.66. The van der Waals surface area contributed by atoms with Crippen LogP contribution >= 0.6 is 12.4 Å². The van der Waals surface area contributed by atoms with E-state index in [4.69, 9.17) is 10.5 Å². The first-order valence-electron chi connectivity index (χ1n) is 3.35. The van der Waals surface area contributed by atoms with Crippen molar-refractivity contribution >= 4 is 24.2 Å². The zero-order valence-electron chi connectivity index (χ0n) is 6.66. The molecule has 5 heteroatoms. The van der Waals surface area contributed by atoms with Crippen LogP contribution in [0.1, 0.15) is 17.4 Å². The molecular formula is C7H11ClN2O2. The Bertz CT molecular complexity index is 260. The minimum absolute atomic E-state index is 0. The van der Waals surface area contributed by atoms with E-state index in [1.54, 1.807) is 19.1 Å². The van der Waals surface area contributed by atoms with Crippen molar-refractivity contribution in [2.75, 3.05) is 12.3 Å². The predicted molar refractivity (Wildman–Crippen MR) is 48.4 cm³/mol. The second-order valence-corrected chi connectivity index (χ2v) is 2.05. The highest BCUT2D eigenvalue weighted by Gasteiger charge is 2.06. The molecule has 1 rings (SSSR count). The average molecular weight is 191 g/mol. The third-order valence-corrected chi connectivity index (χ3v) is 1.20. The van der Waals surface area contributed by atoms with Crippen molar-refractivity contribution in [3.8, 4) is 0 Å². The maximum absolute atomic E-state index is 10.9. The Morgan fingerprint density at radius 1 is 1.67 bits per heavy atom. The quantitative estimate of drug-likeness (QED) is 0.689. The van der Waals surface area contributed by atoms with Crippen molar-refractivity contribution in [2.45, 2.75) is 6.92 Å². The topological polar surface area (TPSA) is 68.1 Å². The fourth-order valence-corrected chi connectivity index (χ4v) is 0.740. The van der Waals surface area contributed by atoms with Gasteiger partial charge >= 0.3 is 5.97 Å². The van der Waals surface area contributed by atoms with Crippen LogP contribution < -0.4 is 5.73 Å². The van der Waals surface area contributed by atoms with Crippen LogP contribution in [0.2, 0.25) is 0 Å². The Hall–Kier alpha value is -1.16. The molecule has 4 nitrogen and oxygen atoms in total. The van der Waals surface area contributed by atoms with Gasteiger partial charge in [0.25, 0.3) is 0 Å². The number of H-pyrrole nitrogens is 1. The molecule has 3 N–H and O–H groups in total. The predicted octanol–water partition coefficient (Wildman–Crippen LogP) is 1.20. The van der Waals surface area contributed by atoms with E-state index in [2.05, 4.69) is 4.98 Å². The Balaban J connectivity index is 0.00000121. The summed E-state index contributed by atoms with van der Waals surface area (Å²) in [6.07, 6.45) is 0. The molecule has 68 valence electrons. The maximum Gasteiger partial charge on any atom is 0.354 e. The summed E-state index contributed by atoms with van der Waals surface area (Å²) in [5, 5.41) is 0. The van der Waals surface area contributed by atoms with Crippen LogP contribution in [-0.4, -0.2) is 17.6 Å².